The summed E-state index contributed by atoms with van der Waals surface area (Å²) in [6, 6.07) is 7.63. The number of nitrogens with zero attached hydrogens (tertiary/aromatic N) is 5. The molecular formula is C22H30FN5O2. The Labute approximate surface area is 177 Å². The van der Waals surface area contributed by atoms with Gasteiger partial charge in [0.25, 0.3) is 0 Å². The largest absolute Gasteiger partial charge is 0.494 e. The summed E-state index contributed by atoms with van der Waals surface area (Å²) in [5.41, 5.74) is 0.978. The molecule has 2 aromatic rings. The molecule has 162 valence electrons. The van der Waals surface area contributed by atoms with E-state index in [1.165, 1.54) is 7.11 Å². The van der Waals surface area contributed by atoms with Crippen LogP contribution in [0.25, 0.3) is 0 Å². The minimum atomic E-state index is -0.301. The van der Waals surface area contributed by atoms with Gasteiger partial charge >= 0.3 is 0 Å². The molecule has 0 radical (unpaired) electrons. The van der Waals surface area contributed by atoms with Crippen molar-refractivity contribution in [3.05, 3.63) is 41.8 Å². The van der Waals surface area contributed by atoms with E-state index in [1.54, 1.807) is 12.1 Å². The lowest BCUT2D eigenvalue weighted by Crippen LogP contribution is -2.43. The third-order valence-electron chi connectivity index (χ3n) is 6.01. The normalized spacial score (nSPS) is 18.4. The molecule has 0 bridgehead atoms. The molecule has 0 amide bonds. The fourth-order valence-electron chi connectivity index (χ4n) is 4.17. The third kappa shape index (κ3) is 4.82. The Kier molecular flexibility index (Phi) is 6.64. The molecule has 0 N–H and O–H groups in total. The van der Waals surface area contributed by atoms with Crippen LogP contribution in [0.15, 0.2) is 30.5 Å². The summed E-state index contributed by atoms with van der Waals surface area (Å²) in [6.07, 6.45) is 3.94. The number of methoxy groups -OCH3 is 1. The van der Waals surface area contributed by atoms with Crippen LogP contribution in [-0.2, 0) is 11.3 Å². The quantitative estimate of drug-likeness (QED) is 0.719. The molecule has 3 heterocycles. The topological polar surface area (TPSA) is 54.0 Å². The lowest BCUT2D eigenvalue weighted by atomic mass is 10.0. The summed E-state index contributed by atoms with van der Waals surface area (Å²) in [4.78, 5) is 16.1. The highest BCUT2D eigenvalue weighted by Gasteiger charge is 2.24. The Balaban J connectivity index is 1.33. The van der Waals surface area contributed by atoms with Gasteiger partial charge < -0.3 is 19.3 Å². The van der Waals surface area contributed by atoms with Gasteiger partial charge in [0, 0.05) is 52.0 Å². The zero-order valence-corrected chi connectivity index (χ0v) is 17.8. The van der Waals surface area contributed by atoms with Crippen molar-refractivity contribution in [2.24, 2.45) is 0 Å². The number of rotatable bonds is 6. The summed E-state index contributed by atoms with van der Waals surface area (Å²) in [5.74, 6) is 1.73. The van der Waals surface area contributed by atoms with E-state index < -0.39 is 0 Å². The average Bonchev–Trinajstić information content (AvgIpc) is 2.80. The molecule has 1 aromatic carbocycles. The van der Waals surface area contributed by atoms with Gasteiger partial charge in [-0.05, 0) is 36.6 Å². The summed E-state index contributed by atoms with van der Waals surface area (Å²) < 4.78 is 24.4. The summed E-state index contributed by atoms with van der Waals surface area (Å²) in [7, 11) is 3.60. The first-order valence-corrected chi connectivity index (χ1v) is 10.6. The predicted molar refractivity (Wildman–Crippen MR) is 115 cm³/mol. The summed E-state index contributed by atoms with van der Waals surface area (Å²) >= 11 is 0. The maximum Gasteiger partial charge on any atom is 0.227 e. The number of aromatic nitrogens is 2. The van der Waals surface area contributed by atoms with Gasteiger partial charge in [-0.3, -0.25) is 4.90 Å². The van der Waals surface area contributed by atoms with Crippen molar-refractivity contribution < 1.29 is 13.9 Å². The zero-order valence-electron chi connectivity index (χ0n) is 17.8. The molecule has 2 fully saturated rings. The molecule has 0 atom stereocenters. The van der Waals surface area contributed by atoms with E-state index in [-0.39, 0.29) is 5.82 Å². The first kappa shape index (κ1) is 20.8. The van der Waals surface area contributed by atoms with E-state index in [0.717, 1.165) is 76.1 Å². The third-order valence-corrected chi connectivity index (χ3v) is 6.01. The van der Waals surface area contributed by atoms with Gasteiger partial charge in [0.1, 0.15) is 5.82 Å². The van der Waals surface area contributed by atoms with E-state index in [9.17, 15) is 4.39 Å². The van der Waals surface area contributed by atoms with Crippen LogP contribution in [0.2, 0.25) is 0 Å². The van der Waals surface area contributed by atoms with E-state index in [4.69, 9.17) is 14.5 Å². The first-order chi connectivity index (χ1) is 14.6. The molecule has 8 heteroatoms. The van der Waals surface area contributed by atoms with Crippen LogP contribution in [0.1, 0.15) is 18.4 Å². The lowest BCUT2D eigenvalue weighted by Gasteiger charge is -2.37. The van der Waals surface area contributed by atoms with Crippen LogP contribution in [0.5, 0.6) is 5.75 Å². The molecule has 2 aliphatic rings. The van der Waals surface area contributed by atoms with Gasteiger partial charge in [-0.15, -0.1) is 0 Å². The van der Waals surface area contributed by atoms with Crippen LogP contribution in [0.4, 0.5) is 16.2 Å². The maximum atomic E-state index is 14.0. The Bertz CT molecular complexity index is 838. The first-order valence-electron chi connectivity index (χ1n) is 10.6. The van der Waals surface area contributed by atoms with Gasteiger partial charge in [0.05, 0.1) is 20.3 Å². The predicted octanol–water partition coefficient (Wildman–Crippen LogP) is 2.56. The van der Waals surface area contributed by atoms with Crippen molar-refractivity contribution in [3.8, 4) is 5.75 Å². The summed E-state index contributed by atoms with van der Waals surface area (Å²) in [6.45, 7) is 5.81. The second-order valence-electron chi connectivity index (χ2n) is 7.90. The van der Waals surface area contributed by atoms with E-state index in [2.05, 4.69) is 26.7 Å². The van der Waals surface area contributed by atoms with Crippen molar-refractivity contribution >= 4 is 11.8 Å². The molecule has 7 nitrogen and oxygen atoms in total. The highest BCUT2D eigenvalue weighted by molar-refractivity contribution is 5.44. The molecule has 2 aliphatic heterocycles. The number of likely N-dealkylation sites (tertiary alicyclic amines) is 1. The minimum absolute atomic E-state index is 0.292. The number of benzene rings is 1. The Morgan fingerprint density at radius 3 is 2.63 bits per heavy atom. The maximum absolute atomic E-state index is 14.0. The standard InChI is InChI=1S/C22H30FN5O2/c1-26(21-5-8-24-22(25-21)28-11-13-30-14-12-28)18-6-9-27(10-7-18)16-17-3-4-20(29-2)19(23)15-17/h3-5,8,15,18H,6-7,9-14,16H2,1-2H3. The van der Waals surface area contributed by atoms with Crippen molar-refractivity contribution in [3.63, 3.8) is 0 Å². The Hall–Kier alpha value is -2.45. The highest BCUT2D eigenvalue weighted by Crippen LogP contribution is 2.24. The van der Waals surface area contributed by atoms with Gasteiger partial charge in [-0.2, -0.15) is 4.98 Å². The smallest absolute Gasteiger partial charge is 0.227 e. The number of morpholine rings is 1. The fraction of sp³-hybridized carbons (Fsp3) is 0.545. The van der Waals surface area contributed by atoms with Crippen molar-refractivity contribution in [1.82, 2.24) is 14.9 Å². The van der Waals surface area contributed by atoms with E-state index in [0.29, 0.717) is 11.8 Å². The number of piperidine rings is 1. The van der Waals surface area contributed by atoms with Gasteiger partial charge in [-0.1, -0.05) is 6.07 Å². The monoisotopic (exact) mass is 415 g/mol. The van der Waals surface area contributed by atoms with Crippen LogP contribution >= 0.6 is 0 Å². The molecule has 0 unspecified atom stereocenters. The van der Waals surface area contributed by atoms with E-state index in [1.807, 2.05) is 18.3 Å². The zero-order chi connectivity index (χ0) is 20.9. The number of ether oxygens (including phenoxy) is 2. The van der Waals surface area contributed by atoms with Crippen LogP contribution in [0, 0.1) is 5.82 Å². The molecular weight excluding hydrogens is 385 g/mol. The molecule has 0 spiro atoms. The number of hydrogen-bond acceptors (Lipinski definition) is 7. The second kappa shape index (κ2) is 9.57. The van der Waals surface area contributed by atoms with E-state index >= 15 is 0 Å². The fourth-order valence-corrected chi connectivity index (χ4v) is 4.17. The molecule has 0 aliphatic carbocycles. The number of hydrogen-bond donors (Lipinski definition) is 0. The van der Waals surface area contributed by atoms with Crippen LogP contribution in [-0.4, -0.2) is 74.5 Å². The second-order valence-corrected chi connectivity index (χ2v) is 7.90. The molecule has 1 aromatic heterocycles. The summed E-state index contributed by atoms with van der Waals surface area (Å²) in [5, 5.41) is 0. The van der Waals surface area contributed by atoms with Crippen LogP contribution < -0.4 is 14.5 Å². The lowest BCUT2D eigenvalue weighted by molar-refractivity contribution is 0.122. The number of anilines is 2. The van der Waals surface area contributed by atoms with Crippen molar-refractivity contribution in [1.29, 1.82) is 0 Å². The Morgan fingerprint density at radius 2 is 1.93 bits per heavy atom. The SMILES string of the molecule is COc1ccc(CN2CCC(N(C)c3ccnc(N4CCOCC4)n3)CC2)cc1F. The van der Waals surface area contributed by atoms with Crippen LogP contribution in [0.3, 0.4) is 0 Å². The van der Waals surface area contributed by atoms with Gasteiger partial charge in [0.15, 0.2) is 11.6 Å². The average molecular weight is 416 g/mol. The van der Waals surface area contributed by atoms with Gasteiger partial charge in [0.2, 0.25) is 5.95 Å². The molecule has 0 saturated carbocycles. The minimum Gasteiger partial charge on any atom is -0.494 e. The Morgan fingerprint density at radius 1 is 1.17 bits per heavy atom. The molecule has 4 rings (SSSR count). The van der Waals surface area contributed by atoms with Crippen molar-refractivity contribution in [2.45, 2.75) is 25.4 Å². The molecule has 2 saturated heterocycles. The van der Waals surface area contributed by atoms with Gasteiger partial charge in [-0.25, -0.2) is 9.37 Å². The van der Waals surface area contributed by atoms with Crippen molar-refractivity contribution in [2.75, 3.05) is 63.4 Å². The highest BCUT2D eigenvalue weighted by atomic mass is 19.1. The molecule has 30 heavy (non-hydrogen) atoms. The number of halogens is 1.